The van der Waals surface area contributed by atoms with Gasteiger partial charge in [-0.3, -0.25) is 4.79 Å². The summed E-state index contributed by atoms with van der Waals surface area (Å²) in [6, 6.07) is 0. The Morgan fingerprint density at radius 2 is 1.75 bits per heavy atom. The summed E-state index contributed by atoms with van der Waals surface area (Å²) in [5.74, 6) is 1.65. The van der Waals surface area contributed by atoms with Gasteiger partial charge in [0.05, 0.1) is 16.4 Å². The van der Waals surface area contributed by atoms with Gasteiger partial charge in [0, 0.05) is 17.5 Å². The number of methoxy groups -OCH3 is 1. The third-order valence-corrected chi connectivity index (χ3v) is 4.40. The molecule has 0 saturated heterocycles. The Hall–Kier alpha value is -0.520. The fourth-order valence-electron chi connectivity index (χ4n) is 2.12. The average molecular weight is 331 g/mol. The lowest BCUT2D eigenvalue weighted by Gasteiger charge is -2.11. The number of nitrogens with one attached hydrogen (secondary N) is 1. The van der Waals surface area contributed by atoms with Gasteiger partial charge in [-0.05, 0) is 48.3 Å². The molecule has 0 amide bonds. The summed E-state index contributed by atoms with van der Waals surface area (Å²) >= 11 is 2.15. The summed E-state index contributed by atoms with van der Waals surface area (Å²) < 4.78 is 6.09. The SMILES string of the molecule is COc1c(C2CC2)[nH]c(C2CC2)c(I)c1=O. The lowest BCUT2D eigenvalue weighted by Crippen LogP contribution is -2.16. The third kappa shape index (κ3) is 1.67. The van der Waals surface area contributed by atoms with E-state index in [1.807, 2.05) is 0 Å². The van der Waals surface area contributed by atoms with Crippen molar-refractivity contribution in [1.82, 2.24) is 4.98 Å². The van der Waals surface area contributed by atoms with E-state index in [1.165, 1.54) is 25.7 Å². The number of ether oxygens (including phenoxy) is 1. The topological polar surface area (TPSA) is 42.1 Å². The highest BCUT2D eigenvalue weighted by Gasteiger charge is 2.34. The fraction of sp³-hybridized carbons (Fsp3) is 0.583. The molecule has 0 unspecified atom stereocenters. The molecular weight excluding hydrogens is 317 g/mol. The van der Waals surface area contributed by atoms with E-state index in [2.05, 4.69) is 27.6 Å². The number of pyridine rings is 1. The van der Waals surface area contributed by atoms with Gasteiger partial charge in [0.25, 0.3) is 0 Å². The minimum absolute atomic E-state index is 0.0747. The van der Waals surface area contributed by atoms with E-state index in [0.29, 0.717) is 17.6 Å². The molecule has 0 aliphatic heterocycles. The van der Waals surface area contributed by atoms with Gasteiger partial charge in [-0.15, -0.1) is 0 Å². The molecule has 16 heavy (non-hydrogen) atoms. The van der Waals surface area contributed by atoms with Crippen molar-refractivity contribution in [2.24, 2.45) is 0 Å². The van der Waals surface area contributed by atoms with Crippen molar-refractivity contribution >= 4 is 22.6 Å². The molecule has 3 rings (SSSR count). The van der Waals surface area contributed by atoms with Crippen LogP contribution in [0.5, 0.6) is 5.75 Å². The number of aromatic nitrogens is 1. The number of rotatable bonds is 3. The maximum atomic E-state index is 12.2. The van der Waals surface area contributed by atoms with Crippen LogP contribution in [-0.2, 0) is 0 Å². The van der Waals surface area contributed by atoms with Gasteiger partial charge in [-0.2, -0.15) is 0 Å². The summed E-state index contributed by atoms with van der Waals surface area (Å²) in [4.78, 5) is 15.6. The number of H-pyrrole nitrogens is 1. The zero-order valence-electron chi connectivity index (χ0n) is 9.18. The Bertz CT molecular complexity index is 487. The predicted octanol–water partition coefficient (Wildman–Crippen LogP) is 2.74. The molecule has 1 N–H and O–H groups in total. The number of aromatic amines is 1. The highest BCUT2D eigenvalue weighted by atomic mass is 127. The van der Waals surface area contributed by atoms with Crippen molar-refractivity contribution in [2.75, 3.05) is 7.11 Å². The van der Waals surface area contributed by atoms with E-state index in [1.54, 1.807) is 7.11 Å². The van der Waals surface area contributed by atoms with Crippen LogP contribution in [0.25, 0.3) is 0 Å². The average Bonchev–Trinajstić information content (AvgIpc) is 3.15. The first-order chi connectivity index (χ1) is 7.72. The van der Waals surface area contributed by atoms with Crippen molar-refractivity contribution in [3.05, 3.63) is 25.2 Å². The summed E-state index contributed by atoms with van der Waals surface area (Å²) in [5, 5.41) is 0. The van der Waals surface area contributed by atoms with Crippen LogP contribution in [0.15, 0.2) is 4.79 Å². The van der Waals surface area contributed by atoms with Crippen LogP contribution < -0.4 is 10.2 Å². The summed E-state index contributed by atoms with van der Waals surface area (Å²) in [7, 11) is 1.59. The van der Waals surface area contributed by atoms with Gasteiger partial charge in [0.2, 0.25) is 5.43 Å². The molecule has 2 aliphatic carbocycles. The monoisotopic (exact) mass is 331 g/mol. The highest BCUT2D eigenvalue weighted by molar-refractivity contribution is 14.1. The van der Waals surface area contributed by atoms with Crippen LogP contribution in [-0.4, -0.2) is 12.1 Å². The van der Waals surface area contributed by atoms with Gasteiger partial charge in [0.1, 0.15) is 0 Å². The second-order valence-corrected chi connectivity index (χ2v) is 5.76. The standard InChI is InChI=1S/C12H14INO2/c1-16-12-10(7-4-5-7)14-9(6-2-3-6)8(13)11(12)15/h6-7H,2-5H2,1H3,(H,14,15). The Morgan fingerprint density at radius 1 is 1.19 bits per heavy atom. The second-order valence-electron chi connectivity index (χ2n) is 4.68. The van der Waals surface area contributed by atoms with E-state index in [-0.39, 0.29) is 5.43 Å². The Labute approximate surface area is 108 Å². The maximum absolute atomic E-state index is 12.2. The normalized spacial score (nSPS) is 19.9. The van der Waals surface area contributed by atoms with Crippen LogP contribution in [0, 0.1) is 3.57 Å². The number of hydrogen-bond donors (Lipinski definition) is 1. The smallest absolute Gasteiger partial charge is 0.237 e. The zero-order valence-corrected chi connectivity index (χ0v) is 11.3. The molecule has 4 heteroatoms. The summed E-state index contributed by atoms with van der Waals surface area (Å²) in [6.07, 6.45) is 4.78. The molecule has 2 aliphatic rings. The minimum Gasteiger partial charge on any atom is -0.491 e. The number of halogens is 1. The second kappa shape index (κ2) is 3.75. The quantitative estimate of drug-likeness (QED) is 0.866. The van der Waals surface area contributed by atoms with Crippen LogP contribution in [0.4, 0.5) is 0 Å². The van der Waals surface area contributed by atoms with Gasteiger partial charge >= 0.3 is 0 Å². The molecule has 0 spiro atoms. The van der Waals surface area contributed by atoms with Crippen LogP contribution in [0.2, 0.25) is 0 Å². The maximum Gasteiger partial charge on any atom is 0.237 e. The highest BCUT2D eigenvalue weighted by Crippen LogP contribution is 2.45. The first-order valence-corrected chi connectivity index (χ1v) is 6.79. The van der Waals surface area contributed by atoms with Gasteiger partial charge < -0.3 is 9.72 Å². The first kappa shape index (κ1) is 10.6. The predicted molar refractivity (Wildman–Crippen MR) is 70.3 cm³/mol. The lowest BCUT2D eigenvalue weighted by atomic mass is 10.1. The van der Waals surface area contributed by atoms with E-state index in [0.717, 1.165) is 15.0 Å². The molecule has 1 heterocycles. The number of hydrogen-bond acceptors (Lipinski definition) is 2. The third-order valence-electron chi connectivity index (χ3n) is 3.33. The molecule has 2 saturated carbocycles. The molecular formula is C12H14INO2. The molecule has 0 atom stereocenters. The van der Waals surface area contributed by atoms with E-state index in [4.69, 9.17) is 4.74 Å². The Kier molecular flexibility index (Phi) is 2.49. The van der Waals surface area contributed by atoms with Gasteiger partial charge in [-0.1, -0.05) is 0 Å². The molecule has 2 fully saturated rings. The van der Waals surface area contributed by atoms with Crippen LogP contribution in [0.1, 0.15) is 48.9 Å². The van der Waals surface area contributed by atoms with Crippen molar-refractivity contribution < 1.29 is 4.74 Å². The van der Waals surface area contributed by atoms with Crippen molar-refractivity contribution in [2.45, 2.75) is 37.5 Å². The van der Waals surface area contributed by atoms with Gasteiger partial charge in [-0.25, -0.2) is 0 Å². The zero-order chi connectivity index (χ0) is 11.3. The Balaban J connectivity index is 2.18. The fourth-order valence-corrected chi connectivity index (χ4v) is 2.94. The van der Waals surface area contributed by atoms with Crippen LogP contribution >= 0.6 is 22.6 Å². The molecule has 1 aromatic rings. The molecule has 0 radical (unpaired) electrons. The summed E-state index contributed by atoms with van der Waals surface area (Å²) in [6.45, 7) is 0. The van der Waals surface area contributed by atoms with Crippen LogP contribution in [0.3, 0.4) is 0 Å². The molecule has 0 aromatic carbocycles. The van der Waals surface area contributed by atoms with Crippen molar-refractivity contribution in [3.63, 3.8) is 0 Å². The summed E-state index contributed by atoms with van der Waals surface area (Å²) in [5.41, 5.74) is 2.26. The van der Waals surface area contributed by atoms with E-state index in [9.17, 15) is 4.79 Å². The van der Waals surface area contributed by atoms with Crippen molar-refractivity contribution in [1.29, 1.82) is 0 Å². The Morgan fingerprint density at radius 3 is 2.25 bits per heavy atom. The largest absolute Gasteiger partial charge is 0.491 e. The van der Waals surface area contributed by atoms with Crippen molar-refractivity contribution in [3.8, 4) is 5.75 Å². The lowest BCUT2D eigenvalue weighted by molar-refractivity contribution is 0.401. The minimum atomic E-state index is 0.0747. The molecule has 0 bridgehead atoms. The molecule has 86 valence electrons. The first-order valence-electron chi connectivity index (χ1n) is 5.72. The molecule has 3 nitrogen and oxygen atoms in total. The van der Waals surface area contributed by atoms with E-state index >= 15 is 0 Å². The van der Waals surface area contributed by atoms with E-state index < -0.39 is 0 Å². The molecule has 1 aromatic heterocycles. The van der Waals surface area contributed by atoms with Gasteiger partial charge in [0.15, 0.2) is 5.75 Å².